The van der Waals surface area contributed by atoms with E-state index in [4.69, 9.17) is 5.73 Å². The van der Waals surface area contributed by atoms with Crippen molar-refractivity contribution in [2.45, 2.75) is 30.0 Å². The van der Waals surface area contributed by atoms with Gasteiger partial charge < -0.3 is 25.2 Å². The maximum Gasteiger partial charge on any atom is 0.534 e. The van der Waals surface area contributed by atoms with Crippen LogP contribution in [0, 0.1) is 11.8 Å². The molecule has 0 aromatic heterocycles. The van der Waals surface area contributed by atoms with Gasteiger partial charge in [-0.25, -0.2) is 0 Å². The molecule has 0 unspecified atom stereocenters. The van der Waals surface area contributed by atoms with Crippen LogP contribution in [0.2, 0.25) is 0 Å². The molecule has 1 aromatic rings. The highest BCUT2D eigenvalue weighted by Crippen LogP contribution is 2.52. The van der Waals surface area contributed by atoms with Crippen LogP contribution in [-0.4, -0.2) is 77.4 Å². The molecule has 4 atom stereocenters. The second-order valence-corrected chi connectivity index (χ2v) is 10.8. The lowest BCUT2D eigenvalue weighted by Crippen LogP contribution is -2.63. The number of hydrogen-bond donors (Lipinski definition) is 4. The molecule has 0 radical (unpaired) electrons. The number of allylic oxidation sites excluding steroid dienone is 1. The lowest BCUT2D eigenvalue weighted by Gasteiger charge is -2.50. The Labute approximate surface area is 207 Å². The van der Waals surface area contributed by atoms with Gasteiger partial charge in [0, 0.05) is 11.5 Å². The number of aliphatic hydroxyl groups is 3. The minimum Gasteiger partial charge on any atom is -0.510 e. The third kappa shape index (κ3) is 3.71. The minimum absolute atomic E-state index is 0.105. The summed E-state index contributed by atoms with van der Waals surface area (Å²) in [6.45, 7) is 0. The molecule has 3 aliphatic carbocycles. The Morgan fingerprint density at radius 2 is 1.84 bits per heavy atom. The predicted octanol–water partition coefficient (Wildman–Crippen LogP) is 0.643. The first kappa shape index (κ1) is 26.6. The van der Waals surface area contributed by atoms with Crippen molar-refractivity contribution < 1.29 is 55.5 Å². The molecular weight excluding hydrogens is 525 g/mol. The number of fused-ring (bicyclic) bond motifs is 3. The Hall–Kier alpha value is -3.43. The number of alkyl halides is 3. The summed E-state index contributed by atoms with van der Waals surface area (Å²) in [5.74, 6) is -9.00. The Morgan fingerprint density at radius 1 is 1.22 bits per heavy atom. The van der Waals surface area contributed by atoms with E-state index in [9.17, 15) is 51.3 Å². The number of likely N-dealkylation sites (N-methyl/N-ethyl adjacent to an activating group) is 1. The number of hydrogen-bond acceptors (Lipinski definition) is 10. The summed E-state index contributed by atoms with van der Waals surface area (Å²) in [5, 5.41) is 33.3. The summed E-state index contributed by atoms with van der Waals surface area (Å²) in [5.41, 5.74) is -5.48. The number of rotatable bonds is 4. The van der Waals surface area contributed by atoms with Gasteiger partial charge in [-0.15, -0.1) is 0 Å². The highest BCUT2D eigenvalue weighted by Gasteiger charge is 2.63. The molecule has 1 amide bonds. The Bertz CT molecular complexity index is 1410. The molecule has 4 rings (SSSR count). The van der Waals surface area contributed by atoms with Crippen molar-refractivity contribution in [2.75, 3.05) is 14.1 Å². The van der Waals surface area contributed by atoms with Crippen LogP contribution in [0.4, 0.5) is 13.2 Å². The maximum absolute atomic E-state index is 13.5. The number of halogens is 3. The minimum atomic E-state index is -6.16. The number of ketones is 2. The topological polar surface area (TPSA) is 185 Å². The number of carbonyl (C=O) groups is 3. The quantitative estimate of drug-likeness (QED) is 0.237. The van der Waals surface area contributed by atoms with Crippen molar-refractivity contribution in [3.8, 4) is 5.75 Å². The molecule has 0 aliphatic heterocycles. The smallest absolute Gasteiger partial charge is 0.510 e. The van der Waals surface area contributed by atoms with E-state index < -0.39 is 90.6 Å². The van der Waals surface area contributed by atoms with E-state index in [0.29, 0.717) is 0 Å². The molecule has 200 valence electrons. The summed E-state index contributed by atoms with van der Waals surface area (Å²) in [7, 11) is -3.21. The van der Waals surface area contributed by atoms with Gasteiger partial charge in [0.15, 0.2) is 17.1 Å². The molecule has 0 saturated carbocycles. The van der Waals surface area contributed by atoms with Gasteiger partial charge in [0.2, 0.25) is 5.78 Å². The first-order chi connectivity index (χ1) is 16.9. The molecule has 1 aromatic carbocycles. The van der Waals surface area contributed by atoms with Gasteiger partial charge in [0.25, 0.3) is 5.91 Å². The molecule has 0 heterocycles. The molecular formula is C22H21F3N2O9S. The normalized spacial score (nSPS) is 28.1. The van der Waals surface area contributed by atoms with Crippen molar-refractivity contribution in [3.63, 3.8) is 0 Å². The number of primary amides is 1. The lowest BCUT2D eigenvalue weighted by atomic mass is 9.58. The molecule has 11 nitrogen and oxygen atoms in total. The number of Topliss-reactive ketones (excluding diaryl/α,β-unsaturated/α-hetero) is 2. The summed E-state index contributed by atoms with van der Waals surface area (Å²) >= 11 is 0. The number of carbonyl (C=O) groups excluding carboxylic acids is 3. The third-order valence-electron chi connectivity index (χ3n) is 6.93. The van der Waals surface area contributed by atoms with E-state index in [1.807, 2.05) is 0 Å². The van der Waals surface area contributed by atoms with Gasteiger partial charge in [0.1, 0.15) is 17.1 Å². The monoisotopic (exact) mass is 546 g/mol. The van der Waals surface area contributed by atoms with Crippen molar-refractivity contribution in [2.24, 2.45) is 17.6 Å². The van der Waals surface area contributed by atoms with E-state index in [0.717, 1.165) is 6.07 Å². The zero-order chi connectivity index (χ0) is 27.8. The van der Waals surface area contributed by atoms with Crippen LogP contribution < -0.4 is 9.92 Å². The zero-order valence-corrected chi connectivity index (χ0v) is 20.1. The van der Waals surface area contributed by atoms with Gasteiger partial charge in [-0.2, -0.15) is 21.6 Å². The number of aliphatic hydroxyl groups excluding tert-OH is 2. The largest absolute Gasteiger partial charge is 0.534 e. The Kier molecular flexibility index (Phi) is 5.97. The SMILES string of the molecule is CN(C)[C@@H]1C(O)=C(C(N)=O)C(=O)[C@@]2(O)C(O)=C3C(=O)c4c(cccc4OS(=O)(=O)C(F)(F)F)C[C@H]3C[C@@H]12. The fourth-order valence-corrected chi connectivity index (χ4v) is 5.88. The van der Waals surface area contributed by atoms with Gasteiger partial charge in [-0.1, -0.05) is 12.1 Å². The fraction of sp³-hybridized carbons (Fsp3) is 0.409. The van der Waals surface area contributed by atoms with Crippen LogP contribution in [0.15, 0.2) is 40.9 Å². The average Bonchev–Trinajstić information content (AvgIpc) is 2.75. The molecule has 15 heteroatoms. The zero-order valence-electron chi connectivity index (χ0n) is 19.2. The van der Waals surface area contributed by atoms with Crippen molar-refractivity contribution in [1.82, 2.24) is 4.90 Å². The molecule has 3 aliphatic rings. The van der Waals surface area contributed by atoms with Crippen LogP contribution in [0.1, 0.15) is 22.3 Å². The number of amides is 1. The van der Waals surface area contributed by atoms with E-state index in [1.165, 1.54) is 31.1 Å². The number of benzene rings is 1. The van der Waals surface area contributed by atoms with E-state index in [1.54, 1.807) is 0 Å². The van der Waals surface area contributed by atoms with Gasteiger partial charge >= 0.3 is 15.6 Å². The van der Waals surface area contributed by atoms with Crippen LogP contribution in [0.5, 0.6) is 5.75 Å². The summed E-state index contributed by atoms with van der Waals surface area (Å²) in [4.78, 5) is 40.0. The predicted molar refractivity (Wildman–Crippen MR) is 118 cm³/mol. The Balaban J connectivity index is 1.91. The summed E-state index contributed by atoms with van der Waals surface area (Å²) in [6.07, 6.45) is -0.296. The summed E-state index contributed by atoms with van der Waals surface area (Å²) < 4.78 is 66.1. The summed E-state index contributed by atoms with van der Waals surface area (Å²) in [6, 6.07) is 2.17. The van der Waals surface area contributed by atoms with Crippen LogP contribution in [0.3, 0.4) is 0 Å². The van der Waals surface area contributed by atoms with Gasteiger partial charge in [0.05, 0.1) is 11.6 Å². The second kappa shape index (κ2) is 8.29. The van der Waals surface area contributed by atoms with Crippen molar-refractivity contribution in [3.05, 3.63) is 52.0 Å². The number of nitrogens with two attached hydrogens (primary N) is 1. The van der Waals surface area contributed by atoms with E-state index >= 15 is 0 Å². The maximum atomic E-state index is 13.5. The molecule has 0 bridgehead atoms. The number of nitrogens with zero attached hydrogens (tertiary/aromatic N) is 1. The van der Waals surface area contributed by atoms with Crippen LogP contribution in [0.25, 0.3) is 0 Å². The van der Waals surface area contributed by atoms with Crippen LogP contribution >= 0.6 is 0 Å². The third-order valence-corrected chi connectivity index (χ3v) is 7.89. The molecule has 5 N–H and O–H groups in total. The van der Waals surface area contributed by atoms with Crippen molar-refractivity contribution in [1.29, 1.82) is 0 Å². The first-order valence-electron chi connectivity index (χ1n) is 10.7. The Morgan fingerprint density at radius 3 is 2.38 bits per heavy atom. The molecule has 37 heavy (non-hydrogen) atoms. The van der Waals surface area contributed by atoms with Crippen LogP contribution in [-0.2, 0) is 26.1 Å². The standard InChI is InChI=1S/C22H21F3N2O9S/c1-27(2)15-10-7-9-6-8-4-3-5-11(36-37(34,35)22(23,24)25)12(8)16(28)13(9)18(30)21(10,33)19(31)14(17(15)29)20(26)32/h3-5,9-10,15,29-30,33H,6-7H2,1-2H3,(H2,26,32)/t9-,10-,15-,21-/m0/s1. The van der Waals surface area contributed by atoms with Crippen molar-refractivity contribution >= 4 is 27.6 Å². The first-order valence-corrected chi connectivity index (χ1v) is 12.1. The van der Waals surface area contributed by atoms with Gasteiger partial charge in [-0.3, -0.25) is 19.3 Å². The van der Waals surface area contributed by atoms with Gasteiger partial charge in [-0.05, 0) is 44.5 Å². The van der Waals surface area contributed by atoms with E-state index in [-0.39, 0.29) is 18.4 Å². The lowest BCUT2D eigenvalue weighted by molar-refractivity contribution is -0.148. The highest BCUT2D eigenvalue weighted by atomic mass is 32.2. The molecule has 0 saturated heterocycles. The highest BCUT2D eigenvalue weighted by molar-refractivity contribution is 7.88. The van der Waals surface area contributed by atoms with E-state index in [2.05, 4.69) is 4.18 Å². The molecule has 0 fully saturated rings. The second-order valence-electron chi connectivity index (χ2n) is 9.24. The molecule has 0 spiro atoms. The fourth-order valence-electron chi connectivity index (χ4n) is 5.41. The average molecular weight is 546 g/mol.